The van der Waals surface area contributed by atoms with E-state index in [0.717, 1.165) is 11.1 Å². The van der Waals surface area contributed by atoms with Gasteiger partial charge in [0.2, 0.25) is 10.0 Å². The fourth-order valence-electron chi connectivity index (χ4n) is 2.73. The van der Waals surface area contributed by atoms with E-state index in [9.17, 15) is 13.2 Å². The topological polar surface area (TPSA) is 75.3 Å². The summed E-state index contributed by atoms with van der Waals surface area (Å²) in [6.45, 7) is 1.98. The van der Waals surface area contributed by atoms with E-state index in [1.807, 2.05) is 54.6 Å². The highest BCUT2D eigenvalue weighted by molar-refractivity contribution is 7.89. The number of para-hydroxylation sites is 1. The van der Waals surface area contributed by atoms with Gasteiger partial charge < -0.3 is 5.32 Å². The molecule has 0 aliphatic carbocycles. The van der Waals surface area contributed by atoms with E-state index >= 15 is 0 Å². The Morgan fingerprint density at radius 1 is 0.889 bits per heavy atom. The van der Waals surface area contributed by atoms with Crippen LogP contribution in [0.15, 0.2) is 83.8 Å². The second kappa shape index (κ2) is 8.16. The van der Waals surface area contributed by atoms with Crippen LogP contribution in [0, 0.1) is 0 Å². The van der Waals surface area contributed by atoms with Crippen LogP contribution >= 0.6 is 0 Å². The van der Waals surface area contributed by atoms with Gasteiger partial charge in [-0.1, -0.05) is 61.5 Å². The minimum absolute atomic E-state index is 0.0633. The number of nitrogens with one attached hydrogen (secondary N) is 2. The van der Waals surface area contributed by atoms with Crippen LogP contribution in [0.5, 0.6) is 0 Å². The second-order valence-electron chi connectivity index (χ2n) is 5.89. The van der Waals surface area contributed by atoms with Crippen molar-refractivity contribution in [3.8, 4) is 11.1 Å². The van der Waals surface area contributed by atoms with Crippen LogP contribution in [0.25, 0.3) is 11.1 Å². The molecule has 138 valence electrons. The highest BCUT2D eigenvalue weighted by Gasteiger charge is 2.16. The molecule has 6 heteroatoms. The SMILES string of the molecule is CCNS(=O)(=O)c1cccc(C(=O)Nc2ccccc2-c2ccccc2)c1. The van der Waals surface area contributed by atoms with Crippen LogP contribution in [0.1, 0.15) is 17.3 Å². The maximum atomic E-state index is 12.7. The number of sulfonamides is 1. The average molecular weight is 380 g/mol. The van der Waals surface area contributed by atoms with Gasteiger partial charge in [-0.15, -0.1) is 0 Å². The van der Waals surface area contributed by atoms with Crippen LogP contribution in [0.2, 0.25) is 0 Å². The second-order valence-corrected chi connectivity index (χ2v) is 7.66. The zero-order chi connectivity index (χ0) is 19.3. The Kier molecular flexibility index (Phi) is 5.69. The lowest BCUT2D eigenvalue weighted by Gasteiger charge is -2.12. The van der Waals surface area contributed by atoms with Gasteiger partial charge in [0.1, 0.15) is 0 Å². The Balaban J connectivity index is 1.90. The van der Waals surface area contributed by atoms with Crippen LogP contribution in [0.4, 0.5) is 5.69 Å². The lowest BCUT2D eigenvalue weighted by Crippen LogP contribution is -2.23. The molecular weight excluding hydrogens is 360 g/mol. The summed E-state index contributed by atoms with van der Waals surface area (Å²) in [6, 6.07) is 23.2. The molecule has 0 aliphatic heterocycles. The van der Waals surface area contributed by atoms with Crippen LogP contribution in [-0.2, 0) is 10.0 Å². The molecule has 5 nitrogen and oxygen atoms in total. The van der Waals surface area contributed by atoms with E-state index in [1.54, 1.807) is 19.1 Å². The molecule has 0 atom stereocenters. The summed E-state index contributed by atoms with van der Waals surface area (Å²) >= 11 is 0. The number of carbonyl (C=O) groups excluding carboxylic acids is 1. The molecule has 0 bridgehead atoms. The lowest BCUT2D eigenvalue weighted by molar-refractivity contribution is 0.102. The quantitative estimate of drug-likeness (QED) is 0.681. The molecule has 0 unspecified atom stereocenters. The summed E-state index contributed by atoms with van der Waals surface area (Å²) in [5.41, 5.74) is 2.81. The Labute approximate surface area is 159 Å². The fraction of sp³-hybridized carbons (Fsp3) is 0.0952. The van der Waals surface area contributed by atoms with Crippen molar-refractivity contribution in [1.29, 1.82) is 0 Å². The molecular formula is C21H20N2O3S. The van der Waals surface area contributed by atoms with Crippen molar-refractivity contribution in [3.63, 3.8) is 0 Å². The van der Waals surface area contributed by atoms with Crippen molar-refractivity contribution in [2.45, 2.75) is 11.8 Å². The summed E-state index contributed by atoms with van der Waals surface area (Å²) in [5, 5.41) is 2.88. The molecule has 0 aliphatic rings. The van der Waals surface area contributed by atoms with Gasteiger partial charge in [0.25, 0.3) is 5.91 Å². The normalized spacial score (nSPS) is 11.1. The van der Waals surface area contributed by atoms with Gasteiger partial charge >= 0.3 is 0 Å². The lowest BCUT2D eigenvalue weighted by atomic mass is 10.0. The highest BCUT2D eigenvalue weighted by atomic mass is 32.2. The van der Waals surface area contributed by atoms with Crippen LogP contribution < -0.4 is 10.0 Å². The van der Waals surface area contributed by atoms with Crippen molar-refractivity contribution in [3.05, 3.63) is 84.4 Å². The minimum atomic E-state index is -3.62. The largest absolute Gasteiger partial charge is 0.321 e. The fourth-order valence-corrected chi connectivity index (χ4v) is 3.82. The Bertz CT molecular complexity index is 1050. The van der Waals surface area contributed by atoms with Crippen molar-refractivity contribution in [2.75, 3.05) is 11.9 Å². The van der Waals surface area contributed by atoms with Gasteiger partial charge in [0, 0.05) is 23.4 Å². The predicted octanol–water partition coefficient (Wildman–Crippen LogP) is 3.90. The van der Waals surface area contributed by atoms with E-state index in [2.05, 4.69) is 10.0 Å². The molecule has 0 heterocycles. The van der Waals surface area contributed by atoms with Gasteiger partial charge in [-0.05, 0) is 29.8 Å². The maximum absolute atomic E-state index is 12.7. The molecule has 2 N–H and O–H groups in total. The third kappa shape index (κ3) is 4.42. The van der Waals surface area contributed by atoms with E-state index in [1.165, 1.54) is 12.1 Å². The standard InChI is InChI=1S/C21H20N2O3S/c1-2-22-27(25,26)18-12-8-11-17(15-18)21(24)23-20-14-7-6-13-19(20)16-9-4-3-5-10-16/h3-15,22H,2H2,1H3,(H,23,24). The number of carbonyl (C=O) groups is 1. The van der Waals surface area contributed by atoms with Gasteiger partial charge in [-0.3, -0.25) is 4.79 Å². The maximum Gasteiger partial charge on any atom is 0.255 e. The number of rotatable bonds is 6. The third-order valence-electron chi connectivity index (χ3n) is 4.00. The number of hydrogen-bond donors (Lipinski definition) is 2. The molecule has 27 heavy (non-hydrogen) atoms. The summed E-state index contributed by atoms with van der Waals surface area (Å²) in [7, 11) is -3.62. The van der Waals surface area contributed by atoms with Crippen LogP contribution in [-0.4, -0.2) is 20.9 Å². The number of benzene rings is 3. The molecule has 0 spiro atoms. The van der Waals surface area contributed by atoms with Gasteiger partial charge in [-0.2, -0.15) is 0 Å². The zero-order valence-corrected chi connectivity index (χ0v) is 15.7. The van der Waals surface area contributed by atoms with E-state index in [4.69, 9.17) is 0 Å². The highest BCUT2D eigenvalue weighted by Crippen LogP contribution is 2.28. The Morgan fingerprint density at radius 2 is 1.59 bits per heavy atom. The summed E-state index contributed by atoms with van der Waals surface area (Å²) in [6.07, 6.45) is 0. The first kappa shape index (κ1) is 18.8. The Hall–Kier alpha value is -2.96. The monoisotopic (exact) mass is 380 g/mol. The molecule has 3 rings (SSSR count). The minimum Gasteiger partial charge on any atom is -0.321 e. The van der Waals surface area contributed by atoms with Gasteiger partial charge in [0.15, 0.2) is 0 Å². The van der Waals surface area contributed by atoms with E-state index in [-0.39, 0.29) is 22.9 Å². The predicted molar refractivity (Wildman–Crippen MR) is 107 cm³/mol. The molecule has 3 aromatic carbocycles. The first-order chi connectivity index (χ1) is 13.0. The first-order valence-electron chi connectivity index (χ1n) is 8.57. The van der Waals surface area contributed by atoms with Gasteiger partial charge in [0.05, 0.1) is 4.90 Å². The Morgan fingerprint density at radius 3 is 2.33 bits per heavy atom. The van der Waals surface area contributed by atoms with Crippen LogP contribution in [0.3, 0.4) is 0 Å². The van der Waals surface area contributed by atoms with Crippen molar-refractivity contribution in [2.24, 2.45) is 0 Å². The van der Waals surface area contributed by atoms with E-state index < -0.39 is 10.0 Å². The molecule has 3 aromatic rings. The summed E-state index contributed by atoms with van der Waals surface area (Å²) < 4.78 is 26.7. The smallest absolute Gasteiger partial charge is 0.255 e. The number of anilines is 1. The molecule has 0 saturated carbocycles. The first-order valence-corrected chi connectivity index (χ1v) is 10.0. The van der Waals surface area contributed by atoms with Crippen molar-refractivity contribution in [1.82, 2.24) is 4.72 Å². The number of hydrogen-bond acceptors (Lipinski definition) is 3. The summed E-state index contributed by atoms with van der Waals surface area (Å²) in [5.74, 6) is -0.369. The molecule has 0 fully saturated rings. The summed E-state index contributed by atoms with van der Waals surface area (Å²) in [4.78, 5) is 12.8. The zero-order valence-electron chi connectivity index (χ0n) is 14.8. The molecule has 0 aromatic heterocycles. The molecule has 0 radical (unpaired) electrons. The van der Waals surface area contributed by atoms with Crippen molar-refractivity contribution < 1.29 is 13.2 Å². The number of amides is 1. The van der Waals surface area contributed by atoms with E-state index in [0.29, 0.717) is 5.69 Å². The van der Waals surface area contributed by atoms with Gasteiger partial charge in [-0.25, -0.2) is 13.1 Å². The third-order valence-corrected chi connectivity index (χ3v) is 5.54. The average Bonchev–Trinajstić information content (AvgIpc) is 2.69. The molecule has 0 saturated heterocycles. The molecule has 1 amide bonds. The van der Waals surface area contributed by atoms with Crippen molar-refractivity contribution >= 4 is 21.6 Å².